The van der Waals surface area contributed by atoms with Gasteiger partial charge in [0.15, 0.2) is 0 Å². The van der Waals surface area contributed by atoms with E-state index in [4.69, 9.17) is 9.97 Å². The summed E-state index contributed by atoms with van der Waals surface area (Å²) in [5, 5.41) is 5.06. The van der Waals surface area contributed by atoms with E-state index in [9.17, 15) is 1.37 Å². The van der Waals surface area contributed by atoms with Crippen molar-refractivity contribution in [1.29, 1.82) is 0 Å². The monoisotopic (exact) mass is 1110 g/mol. The zero-order chi connectivity index (χ0) is 46.0. The van der Waals surface area contributed by atoms with Crippen LogP contribution in [-0.2, 0) is 20.1 Å². The van der Waals surface area contributed by atoms with E-state index in [0.717, 1.165) is 44.8 Å². The molecule has 0 spiro atoms. The van der Waals surface area contributed by atoms with Gasteiger partial charge in [0.2, 0.25) is 0 Å². The summed E-state index contributed by atoms with van der Waals surface area (Å²) in [4.78, 5) is 10.1. The third kappa shape index (κ3) is 9.06. The van der Waals surface area contributed by atoms with Crippen LogP contribution in [-0.4, -0.2) is 27.8 Å². The van der Waals surface area contributed by atoms with Gasteiger partial charge in [0.25, 0.3) is 0 Å². The van der Waals surface area contributed by atoms with E-state index < -0.39 is 19.2 Å². The Bertz CT molecular complexity index is 3410. The van der Waals surface area contributed by atoms with E-state index in [1.807, 2.05) is 36.6 Å². The van der Waals surface area contributed by atoms with Crippen LogP contribution < -0.4 is 4.40 Å². The largest absolute Gasteiger partial charge is 0 e. The molecule has 1 atom stereocenters. The van der Waals surface area contributed by atoms with Crippen molar-refractivity contribution in [3.63, 3.8) is 0 Å². The second kappa shape index (κ2) is 18.3. The van der Waals surface area contributed by atoms with Crippen molar-refractivity contribution in [2.45, 2.75) is 78.6 Å². The average Bonchev–Trinajstić information content (AvgIpc) is 3.84. The molecule has 0 amide bonds. The quantitative estimate of drug-likeness (QED) is 0.123. The number of pyridine rings is 1. The van der Waals surface area contributed by atoms with Gasteiger partial charge < -0.3 is 4.57 Å². The zero-order valence-corrected chi connectivity index (χ0v) is 44.7. The number of hydrogen-bond acceptors (Lipinski definition) is 3. The number of nitrogens with zero attached hydrogens (tertiary/aromatic N) is 3. The van der Waals surface area contributed by atoms with Gasteiger partial charge in [-0.15, -0.1) is 17.7 Å². The van der Waals surface area contributed by atoms with Gasteiger partial charge in [-0.25, -0.2) is 0 Å². The van der Waals surface area contributed by atoms with E-state index in [2.05, 4.69) is 204 Å². The summed E-state index contributed by atoms with van der Waals surface area (Å²) in [5.74, 6) is 7.38. The average molecular weight is 1110 g/mol. The fourth-order valence-corrected chi connectivity index (χ4v) is 13.5. The van der Waals surface area contributed by atoms with Crippen LogP contribution in [0.1, 0.15) is 62.8 Å². The Kier molecular flexibility index (Phi) is 12.6. The summed E-state index contributed by atoms with van der Waals surface area (Å²) in [6, 6.07) is 54.2. The Morgan fingerprint density at radius 3 is 2.12 bits per heavy atom. The standard InChI is InChI=1S/C33H25N2S.C26H32GeN.Ir/c1-19-12-14-25-29(16-19)36-32-26(15-13-20(2)30(25)32)33-34-27-17-23-10-5-6-11-24(23)18-28(27)35(33)31-21(3)8-7-9-22(31)4;1-19(26(2,3)4)23-17-25(28-18-24(23)27(5,6)7)22-15-11-14-21(16-22)20-12-9-8-10-13-20;/h5-14,16-18H,1-4H3;8-14,16-19H,1-7H3;/q2*-1;/i;19D;. The molecule has 0 fully saturated rings. The van der Waals surface area contributed by atoms with Gasteiger partial charge in [0.1, 0.15) is 0 Å². The number of fused-ring (bicyclic) bond motifs is 5. The molecule has 6 heteroatoms. The summed E-state index contributed by atoms with van der Waals surface area (Å²) in [5.41, 5.74) is 14.6. The summed E-state index contributed by atoms with van der Waals surface area (Å²) < 4.78 is 15.5. The first-order valence-electron chi connectivity index (χ1n) is 22.8. The zero-order valence-electron chi connectivity index (χ0n) is 40.4. The van der Waals surface area contributed by atoms with Crippen LogP contribution in [0.5, 0.6) is 0 Å². The molecular formula is C59H57GeIrN3S-2. The predicted molar refractivity (Wildman–Crippen MR) is 279 cm³/mol. The Labute approximate surface area is 407 Å². The van der Waals surface area contributed by atoms with E-state index in [-0.39, 0.29) is 25.5 Å². The molecule has 0 saturated carbocycles. The summed E-state index contributed by atoms with van der Waals surface area (Å²) in [6.07, 6.45) is 2.05. The molecule has 3 nitrogen and oxygen atoms in total. The van der Waals surface area contributed by atoms with Crippen LogP contribution in [0, 0.1) is 45.2 Å². The minimum atomic E-state index is -2.20. The van der Waals surface area contributed by atoms with Crippen molar-refractivity contribution in [3.05, 3.63) is 180 Å². The summed E-state index contributed by atoms with van der Waals surface area (Å²) in [6.45, 7) is 17.2. The number of aromatic nitrogens is 3. The fourth-order valence-electron chi connectivity index (χ4n) is 8.91. The van der Waals surface area contributed by atoms with Crippen molar-refractivity contribution in [2.24, 2.45) is 5.41 Å². The Hall–Kier alpha value is -5.17. The van der Waals surface area contributed by atoms with Gasteiger partial charge in [-0.3, -0.25) is 4.98 Å². The number of benzene rings is 7. The maximum atomic E-state index is 9.27. The van der Waals surface area contributed by atoms with Crippen molar-refractivity contribution < 1.29 is 21.5 Å². The number of hydrogen-bond donors (Lipinski definition) is 0. The second-order valence-corrected chi connectivity index (χ2v) is 31.1. The molecule has 0 aliphatic heterocycles. The normalized spacial score (nSPS) is 13.1. The smallest absolute Gasteiger partial charge is 0 e. The third-order valence-electron chi connectivity index (χ3n) is 12.7. The van der Waals surface area contributed by atoms with Crippen LogP contribution in [0.2, 0.25) is 17.3 Å². The molecule has 65 heavy (non-hydrogen) atoms. The second-order valence-electron chi connectivity index (χ2n) is 19.4. The molecule has 329 valence electrons. The predicted octanol–water partition coefficient (Wildman–Crippen LogP) is 16.2. The maximum absolute atomic E-state index is 9.27. The van der Waals surface area contributed by atoms with Gasteiger partial charge in [-0.1, -0.05) is 72.5 Å². The number of aryl methyl sites for hydroxylation is 4. The molecule has 7 aromatic carbocycles. The van der Waals surface area contributed by atoms with Crippen molar-refractivity contribution in [2.75, 3.05) is 0 Å². The van der Waals surface area contributed by atoms with Crippen LogP contribution >= 0.6 is 11.3 Å². The van der Waals surface area contributed by atoms with Crippen molar-refractivity contribution >= 4 is 71.0 Å². The third-order valence-corrected chi connectivity index (χ3v) is 18.1. The van der Waals surface area contributed by atoms with Crippen molar-refractivity contribution in [1.82, 2.24) is 14.5 Å². The number of thiophene rings is 1. The van der Waals surface area contributed by atoms with E-state index >= 15 is 0 Å². The number of rotatable bonds is 6. The Balaban J connectivity index is 0.000000182. The van der Waals surface area contributed by atoms with Gasteiger partial charge in [0.05, 0.1) is 16.9 Å². The minimum absolute atomic E-state index is 0. The SMILES string of the molecule is Cc1ccc2c(c1)sc1c(-c3nc4cc5ccccc5cc4n3-c3c(C)cccc3C)[c-]cc(C)c12.[2H]C(C)(c1cc(-c2[c-]ccc(-c3ccccc3)c2)nc[c]1[Ge]([CH3])([CH3])[CH3])C(C)(C)C.[Ir]. The molecule has 0 saturated heterocycles. The van der Waals surface area contributed by atoms with Gasteiger partial charge in [-0.2, -0.15) is 11.3 Å². The first kappa shape index (κ1) is 45.0. The first-order chi connectivity index (χ1) is 30.9. The summed E-state index contributed by atoms with van der Waals surface area (Å²) in [7, 11) is 0. The molecular weight excluding hydrogens is 1050 g/mol. The van der Waals surface area contributed by atoms with E-state index in [1.54, 1.807) is 0 Å². The molecule has 3 aromatic heterocycles. The Morgan fingerprint density at radius 2 is 1.43 bits per heavy atom. The molecule has 0 aliphatic carbocycles. The summed E-state index contributed by atoms with van der Waals surface area (Å²) >= 11 is -0.343. The van der Waals surface area contributed by atoms with Crippen LogP contribution in [0.3, 0.4) is 0 Å². The topological polar surface area (TPSA) is 30.7 Å². The van der Waals surface area contributed by atoms with Crippen molar-refractivity contribution in [3.8, 4) is 39.5 Å². The molecule has 0 aliphatic rings. The van der Waals surface area contributed by atoms with E-state index in [0.29, 0.717) is 0 Å². The van der Waals surface area contributed by atoms with Gasteiger partial charge in [0, 0.05) is 30.5 Å². The molecule has 10 aromatic rings. The minimum Gasteiger partial charge on any atom is 0 e. The van der Waals surface area contributed by atoms with Crippen LogP contribution in [0.25, 0.3) is 81.4 Å². The first-order valence-corrected chi connectivity index (χ1v) is 30.5. The number of imidazole rings is 1. The Morgan fingerprint density at radius 1 is 0.738 bits per heavy atom. The van der Waals surface area contributed by atoms with E-state index in [1.165, 1.54) is 68.8 Å². The molecule has 3 heterocycles. The molecule has 1 radical (unpaired) electrons. The number of para-hydroxylation sites is 1. The van der Waals surface area contributed by atoms with Gasteiger partial charge in [-0.05, 0) is 76.5 Å². The van der Waals surface area contributed by atoms with Crippen LogP contribution in [0.15, 0.2) is 140 Å². The van der Waals surface area contributed by atoms with Crippen LogP contribution in [0.4, 0.5) is 0 Å². The molecule has 0 N–H and O–H groups in total. The molecule has 10 rings (SSSR count). The van der Waals surface area contributed by atoms with Gasteiger partial charge >= 0.3 is 175 Å². The maximum Gasteiger partial charge on any atom is 0 e. The molecule has 0 bridgehead atoms. The molecule has 1 unspecified atom stereocenters. The fraction of sp³-hybridized carbons (Fsp3) is 0.220.